The molecule has 0 aliphatic heterocycles. The molecule has 4 rings (SSSR count). The van der Waals surface area contributed by atoms with Gasteiger partial charge in [-0.25, -0.2) is 9.55 Å². The van der Waals surface area contributed by atoms with Crippen molar-refractivity contribution >= 4 is 46.8 Å². The summed E-state index contributed by atoms with van der Waals surface area (Å²) in [4.78, 5) is 25.2. The Balaban J connectivity index is 1.45. The smallest absolute Gasteiger partial charge is 0.459 e. The number of benzene rings is 1. The third-order valence-electron chi connectivity index (χ3n) is 5.87. The normalized spacial score (nSPS) is 19.2. The molecule has 0 amide bonds. The second-order valence-electron chi connectivity index (χ2n) is 9.58. The zero-order valence-electron chi connectivity index (χ0n) is 22.1. The number of ether oxygens (including phenoxy) is 2. The molecule has 210 valence electrons. The second-order valence-corrected chi connectivity index (χ2v) is 12.2. The zero-order valence-corrected chi connectivity index (χ0v) is 24.6. The Kier molecular flexibility index (Phi) is 9.27. The highest BCUT2D eigenvalue weighted by molar-refractivity contribution is 9.10. The number of methoxy groups -OCH3 is 1. The minimum Gasteiger partial charge on any atom is -0.479 e. The largest absolute Gasteiger partial charge is 0.479 e. The van der Waals surface area contributed by atoms with E-state index in [2.05, 4.69) is 36.0 Å². The number of nitrogen functional groups attached to an aromatic ring is 1. The number of fused-ring (bicyclic) bond motifs is 1. The summed E-state index contributed by atoms with van der Waals surface area (Å²) in [5.41, 5.74) is 6.91. The van der Waals surface area contributed by atoms with Gasteiger partial charge in [-0.05, 0) is 43.5 Å². The number of carbonyl (C=O) groups is 1. The number of hydrogen-bond donors (Lipinski definition) is 2. The van der Waals surface area contributed by atoms with Crippen LogP contribution in [-0.2, 0) is 18.6 Å². The molecule has 0 saturated heterocycles. The molecule has 0 bridgehead atoms. The molecule has 0 spiro atoms. The molecule has 2 aromatic heterocycles. The Bertz CT molecular complexity index is 1380. The van der Waals surface area contributed by atoms with Crippen LogP contribution >= 0.6 is 23.7 Å². The van der Waals surface area contributed by atoms with Crippen LogP contribution in [0.5, 0.6) is 11.6 Å². The molecule has 1 aromatic carbocycles. The van der Waals surface area contributed by atoms with Crippen molar-refractivity contribution in [2.24, 2.45) is 11.8 Å². The molecule has 12 nitrogen and oxygen atoms in total. The fraction of sp³-hybridized carbons (Fsp3) is 0.440. The first kappa shape index (κ1) is 29.0. The van der Waals surface area contributed by atoms with Crippen molar-refractivity contribution in [3.63, 3.8) is 0 Å². The van der Waals surface area contributed by atoms with Crippen molar-refractivity contribution in [2.75, 3.05) is 26.1 Å². The highest BCUT2D eigenvalue weighted by Crippen LogP contribution is 2.46. The lowest BCUT2D eigenvalue weighted by molar-refractivity contribution is -0.146. The molecule has 14 heteroatoms. The molecule has 0 saturated carbocycles. The van der Waals surface area contributed by atoms with Crippen LogP contribution in [0.15, 0.2) is 47.2 Å². The number of nitrogens with one attached hydrogen (secondary N) is 1. The van der Waals surface area contributed by atoms with Crippen LogP contribution in [0.25, 0.3) is 11.2 Å². The lowest BCUT2D eigenvalue weighted by atomic mass is 10.1. The maximum absolute atomic E-state index is 13.8. The molecule has 1 aliphatic rings. The molecule has 0 radical (unpaired) electrons. The summed E-state index contributed by atoms with van der Waals surface area (Å²) in [7, 11) is -2.48. The zero-order chi connectivity index (χ0) is 28.2. The Hall–Kier alpha value is -2.99. The van der Waals surface area contributed by atoms with E-state index in [1.165, 1.54) is 7.11 Å². The lowest BCUT2D eigenvalue weighted by Crippen LogP contribution is -2.36. The average molecular weight is 623 g/mol. The fourth-order valence-electron chi connectivity index (χ4n) is 3.96. The Morgan fingerprint density at radius 1 is 1.23 bits per heavy atom. The van der Waals surface area contributed by atoms with Gasteiger partial charge in [-0.15, -0.1) is 0 Å². The first-order valence-electron chi connectivity index (χ1n) is 12.4. The molecule has 3 aromatic rings. The predicted molar refractivity (Wildman–Crippen MR) is 149 cm³/mol. The summed E-state index contributed by atoms with van der Waals surface area (Å²) < 4.78 is 38.7. The van der Waals surface area contributed by atoms with Gasteiger partial charge in [0.05, 0.1) is 32.7 Å². The molecule has 2 heterocycles. The van der Waals surface area contributed by atoms with Crippen molar-refractivity contribution in [1.29, 1.82) is 0 Å². The second kappa shape index (κ2) is 12.5. The maximum Gasteiger partial charge on any atom is 0.459 e. The van der Waals surface area contributed by atoms with Crippen LogP contribution in [0.4, 0.5) is 5.95 Å². The first-order chi connectivity index (χ1) is 18.6. The van der Waals surface area contributed by atoms with E-state index >= 15 is 0 Å². The maximum atomic E-state index is 13.8. The Morgan fingerprint density at radius 2 is 1.97 bits per heavy atom. The Labute approximate surface area is 235 Å². The van der Waals surface area contributed by atoms with E-state index in [4.69, 9.17) is 24.3 Å². The highest BCUT2D eigenvalue weighted by atomic mass is 79.9. The molecule has 0 fully saturated rings. The monoisotopic (exact) mass is 622 g/mol. The van der Waals surface area contributed by atoms with Crippen molar-refractivity contribution in [2.45, 2.75) is 39.3 Å². The number of anilines is 1. The molecule has 4 atom stereocenters. The number of carbonyl (C=O) groups excluding carboxylic acids is 1. The third-order valence-corrected chi connectivity index (χ3v) is 8.04. The van der Waals surface area contributed by atoms with E-state index in [0.29, 0.717) is 29.2 Å². The number of rotatable bonds is 12. The Morgan fingerprint density at radius 3 is 2.67 bits per heavy atom. The summed E-state index contributed by atoms with van der Waals surface area (Å²) in [6.07, 6.45) is 6.26. The topological polar surface area (TPSA) is 153 Å². The van der Waals surface area contributed by atoms with Gasteiger partial charge in [0.15, 0.2) is 11.2 Å². The number of aromatic nitrogens is 4. The SMILES string of the molecule is COc1nc(N)nc2c1ncn2[C@H]1C=C[C@@H](COP(=O)(N[C@@H](C)C(=O)OCC(C)C)Oc2ccc(Br)cc2)C1. The molecular weight excluding hydrogens is 591 g/mol. The van der Waals surface area contributed by atoms with Crippen LogP contribution in [0.2, 0.25) is 0 Å². The van der Waals surface area contributed by atoms with Crippen molar-refractivity contribution in [3.05, 3.63) is 47.2 Å². The fourth-order valence-corrected chi connectivity index (χ4v) is 5.77. The molecular formula is C25H32BrN6O6P. The van der Waals surface area contributed by atoms with E-state index < -0.39 is 19.8 Å². The van der Waals surface area contributed by atoms with E-state index in [1.807, 2.05) is 30.6 Å². The molecule has 39 heavy (non-hydrogen) atoms. The van der Waals surface area contributed by atoms with Gasteiger partial charge in [0, 0.05) is 10.4 Å². The highest BCUT2D eigenvalue weighted by Gasteiger charge is 2.34. The number of nitrogens with zero attached hydrogens (tertiary/aromatic N) is 4. The predicted octanol–water partition coefficient (Wildman–Crippen LogP) is 4.68. The molecule has 3 N–H and O–H groups in total. The van der Waals surface area contributed by atoms with E-state index in [0.717, 1.165) is 4.47 Å². The molecule has 1 unspecified atom stereocenters. The van der Waals surface area contributed by atoms with Crippen molar-refractivity contribution in [3.8, 4) is 11.6 Å². The quantitative estimate of drug-likeness (QED) is 0.164. The number of imidazole rings is 1. The summed E-state index contributed by atoms with van der Waals surface area (Å²) in [5, 5.41) is 2.73. The summed E-state index contributed by atoms with van der Waals surface area (Å²) in [6.45, 7) is 5.76. The minimum absolute atomic E-state index is 0.0780. The van der Waals surface area contributed by atoms with Gasteiger partial charge in [-0.1, -0.05) is 41.9 Å². The summed E-state index contributed by atoms with van der Waals surface area (Å²) >= 11 is 3.37. The summed E-state index contributed by atoms with van der Waals surface area (Å²) in [6, 6.07) is 5.81. The number of nitrogens with two attached hydrogens (primary N) is 1. The molecule has 1 aliphatic carbocycles. The van der Waals surface area contributed by atoms with E-state index in [9.17, 15) is 9.36 Å². The van der Waals surface area contributed by atoms with Gasteiger partial charge in [0.2, 0.25) is 11.8 Å². The van der Waals surface area contributed by atoms with Crippen LogP contribution in [-0.4, -0.2) is 51.9 Å². The van der Waals surface area contributed by atoms with Crippen LogP contribution < -0.4 is 20.1 Å². The van der Waals surface area contributed by atoms with Crippen LogP contribution in [0.1, 0.15) is 33.2 Å². The van der Waals surface area contributed by atoms with Crippen molar-refractivity contribution < 1.29 is 27.9 Å². The van der Waals surface area contributed by atoms with Gasteiger partial charge < -0.3 is 24.3 Å². The van der Waals surface area contributed by atoms with Gasteiger partial charge in [-0.2, -0.15) is 15.1 Å². The van der Waals surface area contributed by atoms with Gasteiger partial charge in [-0.3, -0.25) is 9.32 Å². The van der Waals surface area contributed by atoms with Crippen molar-refractivity contribution in [1.82, 2.24) is 24.6 Å². The number of esters is 1. The van der Waals surface area contributed by atoms with Gasteiger partial charge >= 0.3 is 13.7 Å². The van der Waals surface area contributed by atoms with Crippen LogP contribution in [0, 0.1) is 11.8 Å². The van der Waals surface area contributed by atoms with Crippen LogP contribution in [0.3, 0.4) is 0 Å². The summed E-state index contributed by atoms with van der Waals surface area (Å²) in [5.74, 6) is 0.240. The number of allylic oxidation sites excluding steroid dienone is 1. The van der Waals surface area contributed by atoms with E-state index in [-0.39, 0.29) is 37.0 Å². The van der Waals surface area contributed by atoms with E-state index in [1.54, 1.807) is 37.5 Å². The standard InChI is InChI=1S/C25H32BrN6O6P/c1-15(2)12-36-24(33)16(3)31-39(34,38-20-9-6-18(26)7-10-20)37-13-17-5-8-19(11-17)32-14-28-21-22(32)29-25(27)30-23(21)35-4/h5-10,14-17,19H,11-13H2,1-4H3,(H,31,34)(H2,27,29,30)/t16-,17+,19-,39?/m0/s1. The lowest BCUT2D eigenvalue weighted by Gasteiger charge is -2.24. The van der Waals surface area contributed by atoms with Gasteiger partial charge in [0.25, 0.3) is 0 Å². The number of hydrogen-bond acceptors (Lipinski definition) is 10. The minimum atomic E-state index is -3.98. The third kappa shape index (κ3) is 7.36. The number of halogens is 1. The van der Waals surface area contributed by atoms with Gasteiger partial charge in [0.1, 0.15) is 11.8 Å². The average Bonchev–Trinajstić information content (AvgIpc) is 3.54. The first-order valence-corrected chi connectivity index (χ1v) is 14.8.